The largest absolute Gasteiger partial charge is 0.481 e. The van der Waals surface area contributed by atoms with Crippen LogP contribution in [0.4, 0.5) is 0 Å². The highest BCUT2D eigenvalue weighted by molar-refractivity contribution is 5.83. The molecule has 6 heteroatoms. The third kappa shape index (κ3) is 17.8. The predicted octanol–water partition coefficient (Wildman–Crippen LogP) is 5.29. The van der Waals surface area contributed by atoms with Gasteiger partial charge in [0.25, 0.3) is 0 Å². The maximum atomic E-state index is 11.7. The number of carboxylic acids is 2. The zero-order valence-corrected chi connectivity index (χ0v) is 17.7. The lowest BCUT2D eigenvalue weighted by Crippen LogP contribution is -2.40. The van der Waals surface area contributed by atoms with Crippen LogP contribution in [-0.4, -0.2) is 34.1 Å². The van der Waals surface area contributed by atoms with Gasteiger partial charge in [-0.1, -0.05) is 84.0 Å². The summed E-state index contributed by atoms with van der Waals surface area (Å²) >= 11 is 0. The minimum absolute atomic E-state index is 0.156. The molecule has 0 saturated carbocycles. The minimum atomic E-state index is -0.966. The van der Waals surface area contributed by atoms with Gasteiger partial charge in [0.15, 0.2) is 0 Å². The van der Waals surface area contributed by atoms with Crippen LogP contribution in [0.15, 0.2) is 0 Å². The molecule has 28 heavy (non-hydrogen) atoms. The Bertz CT molecular complexity index is 425. The first kappa shape index (κ1) is 26.4. The second kappa shape index (κ2) is 18.8. The monoisotopic (exact) mass is 399 g/mol. The van der Waals surface area contributed by atoms with Gasteiger partial charge in [0.05, 0.1) is 0 Å². The fourth-order valence-corrected chi connectivity index (χ4v) is 3.29. The van der Waals surface area contributed by atoms with Gasteiger partial charge in [0, 0.05) is 12.8 Å². The maximum Gasteiger partial charge on any atom is 0.326 e. The molecule has 0 fully saturated rings. The molecule has 0 aromatic carbocycles. The number of unbranched alkanes of at least 4 members (excludes halogenated alkanes) is 13. The van der Waals surface area contributed by atoms with Gasteiger partial charge in [0.1, 0.15) is 6.04 Å². The van der Waals surface area contributed by atoms with E-state index in [4.69, 9.17) is 10.2 Å². The molecule has 0 rings (SSSR count). The van der Waals surface area contributed by atoms with Gasteiger partial charge < -0.3 is 15.5 Å². The van der Waals surface area contributed by atoms with E-state index in [0.29, 0.717) is 19.3 Å². The van der Waals surface area contributed by atoms with Crippen molar-refractivity contribution in [3.63, 3.8) is 0 Å². The van der Waals surface area contributed by atoms with Crippen molar-refractivity contribution in [2.45, 2.75) is 122 Å². The lowest BCUT2D eigenvalue weighted by Gasteiger charge is -2.11. The van der Waals surface area contributed by atoms with E-state index in [1.807, 2.05) is 0 Å². The SMILES string of the molecule is CCC(NC(=O)CCCCCCCCCCCCCCCCC(=O)O)C(=O)O. The lowest BCUT2D eigenvalue weighted by molar-refractivity contribution is -0.142. The Morgan fingerprint density at radius 3 is 1.32 bits per heavy atom. The molecular weight excluding hydrogens is 358 g/mol. The van der Waals surface area contributed by atoms with Crippen molar-refractivity contribution in [3.05, 3.63) is 0 Å². The fraction of sp³-hybridized carbons (Fsp3) is 0.864. The second-order valence-electron chi connectivity index (χ2n) is 7.71. The molecular formula is C22H41NO5. The summed E-state index contributed by atoms with van der Waals surface area (Å²) in [5.41, 5.74) is 0. The van der Waals surface area contributed by atoms with Crippen molar-refractivity contribution in [2.24, 2.45) is 0 Å². The molecule has 0 radical (unpaired) electrons. The molecule has 1 unspecified atom stereocenters. The fourth-order valence-electron chi connectivity index (χ4n) is 3.29. The van der Waals surface area contributed by atoms with E-state index in [2.05, 4.69) is 5.32 Å². The smallest absolute Gasteiger partial charge is 0.326 e. The van der Waals surface area contributed by atoms with Crippen LogP contribution >= 0.6 is 0 Å². The summed E-state index contributed by atoms with van der Waals surface area (Å²) in [7, 11) is 0. The highest BCUT2D eigenvalue weighted by Crippen LogP contribution is 2.13. The number of carboxylic acid groups (broad SMARTS) is 2. The minimum Gasteiger partial charge on any atom is -0.481 e. The zero-order chi connectivity index (χ0) is 21.0. The molecule has 6 nitrogen and oxygen atoms in total. The summed E-state index contributed by atoms with van der Waals surface area (Å²) in [5, 5.41) is 20.0. The Labute approximate surface area is 170 Å². The molecule has 1 amide bonds. The number of nitrogens with one attached hydrogen (secondary N) is 1. The van der Waals surface area contributed by atoms with Crippen LogP contribution in [0.3, 0.4) is 0 Å². The number of carbonyl (C=O) groups excluding carboxylic acids is 1. The third-order valence-electron chi connectivity index (χ3n) is 5.09. The highest BCUT2D eigenvalue weighted by atomic mass is 16.4. The summed E-state index contributed by atoms with van der Waals surface area (Å²) in [6, 6.07) is -0.760. The first-order valence-electron chi connectivity index (χ1n) is 11.2. The maximum absolute atomic E-state index is 11.7. The number of aliphatic carboxylic acids is 2. The molecule has 1 atom stereocenters. The van der Waals surface area contributed by atoms with Gasteiger partial charge in [-0.2, -0.15) is 0 Å². The molecule has 0 saturated heterocycles. The summed E-state index contributed by atoms with van der Waals surface area (Å²) < 4.78 is 0. The van der Waals surface area contributed by atoms with Gasteiger partial charge in [-0.15, -0.1) is 0 Å². The Morgan fingerprint density at radius 2 is 1.00 bits per heavy atom. The van der Waals surface area contributed by atoms with Gasteiger partial charge in [0.2, 0.25) is 5.91 Å². The van der Waals surface area contributed by atoms with Crippen molar-refractivity contribution in [2.75, 3.05) is 0 Å². The van der Waals surface area contributed by atoms with Crippen LogP contribution in [0.5, 0.6) is 0 Å². The Kier molecular flexibility index (Phi) is 17.7. The van der Waals surface area contributed by atoms with E-state index in [1.165, 1.54) is 51.4 Å². The van der Waals surface area contributed by atoms with E-state index >= 15 is 0 Å². The number of amides is 1. The van der Waals surface area contributed by atoms with E-state index in [1.54, 1.807) is 6.92 Å². The van der Waals surface area contributed by atoms with E-state index in [-0.39, 0.29) is 5.91 Å². The van der Waals surface area contributed by atoms with E-state index in [0.717, 1.165) is 38.5 Å². The number of hydrogen-bond acceptors (Lipinski definition) is 3. The normalized spacial score (nSPS) is 11.9. The van der Waals surface area contributed by atoms with Crippen molar-refractivity contribution in [1.82, 2.24) is 5.32 Å². The summed E-state index contributed by atoms with van der Waals surface area (Å²) in [5.74, 6) is -1.81. The summed E-state index contributed by atoms with van der Waals surface area (Å²) in [6.07, 6.45) is 17.2. The topological polar surface area (TPSA) is 104 Å². The van der Waals surface area contributed by atoms with Crippen LogP contribution in [-0.2, 0) is 14.4 Å². The number of rotatable bonds is 20. The van der Waals surface area contributed by atoms with Crippen molar-refractivity contribution < 1.29 is 24.6 Å². The molecule has 164 valence electrons. The number of carbonyl (C=O) groups is 3. The third-order valence-corrected chi connectivity index (χ3v) is 5.09. The Hall–Kier alpha value is -1.59. The average Bonchev–Trinajstić information content (AvgIpc) is 2.65. The first-order chi connectivity index (χ1) is 13.5. The average molecular weight is 400 g/mol. The van der Waals surface area contributed by atoms with Crippen LogP contribution < -0.4 is 5.32 Å². The molecule has 0 spiro atoms. The molecule has 0 aromatic rings. The molecule has 0 heterocycles. The first-order valence-corrected chi connectivity index (χ1v) is 11.2. The standard InChI is InChI=1S/C22H41NO5/c1-2-19(22(27)28)23-20(24)17-15-13-11-9-7-5-3-4-6-8-10-12-14-16-18-21(25)26/h19H,2-18H2,1H3,(H,23,24)(H,25,26)(H,27,28). The zero-order valence-electron chi connectivity index (χ0n) is 17.7. The van der Waals surface area contributed by atoms with Crippen LogP contribution in [0.1, 0.15) is 116 Å². The van der Waals surface area contributed by atoms with Gasteiger partial charge in [-0.25, -0.2) is 4.79 Å². The van der Waals surface area contributed by atoms with Crippen LogP contribution in [0, 0.1) is 0 Å². The molecule has 3 N–H and O–H groups in total. The van der Waals surface area contributed by atoms with Crippen molar-refractivity contribution >= 4 is 17.8 Å². The van der Waals surface area contributed by atoms with Crippen molar-refractivity contribution in [1.29, 1.82) is 0 Å². The number of hydrogen-bond donors (Lipinski definition) is 3. The van der Waals surface area contributed by atoms with Crippen molar-refractivity contribution in [3.8, 4) is 0 Å². The predicted molar refractivity (Wildman–Crippen MR) is 111 cm³/mol. The second-order valence-corrected chi connectivity index (χ2v) is 7.71. The van der Waals surface area contributed by atoms with E-state index in [9.17, 15) is 14.4 Å². The molecule has 0 aliphatic carbocycles. The Morgan fingerprint density at radius 1 is 0.643 bits per heavy atom. The summed E-state index contributed by atoms with van der Waals surface area (Å²) in [6.45, 7) is 1.75. The van der Waals surface area contributed by atoms with E-state index < -0.39 is 18.0 Å². The molecule has 0 aromatic heterocycles. The Balaban J connectivity index is 3.26. The van der Waals surface area contributed by atoms with Gasteiger partial charge >= 0.3 is 11.9 Å². The lowest BCUT2D eigenvalue weighted by atomic mass is 10.0. The molecule has 0 aliphatic heterocycles. The molecule has 0 aliphatic rings. The van der Waals surface area contributed by atoms with Crippen LogP contribution in [0.25, 0.3) is 0 Å². The summed E-state index contributed by atoms with van der Waals surface area (Å²) in [4.78, 5) is 32.9. The molecule has 0 bridgehead atoms. The van der Waals surface area contributed by atoms with Gasteiger partial charge in [-0.05, 0) is 19.3 Å². The van der Waals surface area contributed by atoms with Gasteiger partial charge in [-0.3, -0.25) is 9.59 Å². The van der Waals surface area contributed by atoms with Crippen LogP contribution in [0.2, 0.25) is 0 Å². The quantitative estimate of drug-likeness (QED) is 0.241. The highest BCUT2D eigenvalue weighted by Gasteiger charge is 2.16.